The first-order valence-corrected chi connectivity index (χ1v) is 6.19. The molecule has 0 amide bonds. The number of nitrogens with zero attached hydrogens (tertiary/aromatic N) is 1. The highest BCUT2D eigenvalue weighted by atomic mass is 32.1. The van der Waals surface area contributed by atoms with Gasteiger partial charge in [-0.25, -0.2) is 4.98 Å². The van der Waals surface area contributed by atoms with E-state index in [0.29, 0.717) is 17.4 Å². The molecule has 3 N–H and O–H groups in total. The lowest BCUT2D eigenvalue weighted by molar-refractivity contribution is -0.136. The summed E-state index contributed by atoms with van der Waals surface area (Å²) in [5, 5.41) is 23.4. The number of rotatable bonds is 5. The molecule has 0 aliphatic carbocycles. The van der Waals surface area contributed by atoms with Crippen molar-refractivity contribution in [3.05, 3.63) is 40.9 Å². The Bertz CT molecular complexity index is 554. The van der Waals surface area contributed by atoms with Gasteiger partial charge in [0.15, 0.2) is 5.13 Å². The van der Waals surface area contributed by atoms with Crippen LogP contribution in [0.4, 0.5) is 5.13 Å². The van der Waals surface area contributed by atoms with Crippen molar-refractivity contribution < 1.29 is 15.0 Å². The summed E-state index contributed by atoms with van der Waals surface area (Å²) in [6, 6.07) is 6.93. The summed E-state index contributed by atoms with van der Waals surface area (Å²) in [5.74, 6) is -0.667. The Hall–Kier alpha value is -2.08. The number of aliphatic carboxylic acids is 1. The minimum atomic E-state index is -0.889. The van der Waals surface area contributed by atoms with E-state index in [1.807, 2.05) is 6.07 Å². The summed E-state index contributed by atoms with van der Waals surface area (Å²) in [7, 11) is 0. The van der Waals surface area contributed by atoms with Gasteiger partial charge in [-0.15, -0.1) is 11.3 Å². The third-order valence-corrected chi connectivity index (χ3v) is 3.09. The van der Waals surface area contributed by atoms with E-state index < -0.39 is 5.97 Å². The summed E-state index contributed by atoms with van der Waals surface area (Å²) in [6.07, 6.45) is -0.0652. The average molecular weight is 264 g/mol. The SMILES string of the molecule is O=C(O)Cc1csc(NCc2cccc(O)c2)n1. The number of hydrogen-bond acceptors (Lipinski definition) is 5. The van der Waals surface area contributed by atoms with Crippen molar-refractivity contribution >= 4 is 22.4 Å². The van der Waals surface area contributed by atoms with Crippen LogP contribution in [0.1, 0.15) is 11.3 Å². The number of phenolic OH excluding ortho intramolecular Hbond substituents is 1. The van der Waals surface area contributed by atoms with E-state index in [-0.39, 0.29) is 12.2 Å². The largest absolute Gasteiger partial charge is 0.508 e. The molecule has 0 fully saturated rings. The zero-order valence-electron chi connectivity index (χ0n) is 9.46. The number of carboxylic acids is 1. The number of carboxylic acid groups (broad SMARTS) is 1. The van der Waals surface area contributed by atoms with Gasteiger partial charge in [0.05, 0.1) is 12.1 Å². The number of thiazole rings is 1. The minimum absolute atomic E-state index is 0.0652. The number of aromatic hydroxyl groups is 1. The van der Waals surface area contributed by atoms with Gasteiger partial charge in [-0.05, 0) is 17.7 Å². The number of carbonyl (C=O) groups is 1. The van der Waals surface area contributed by atoms with Crippen molar-refractivity contribution in [2.24, 2.45) is 0 Å². The molecule has 0 aliphatic heterocycles. The normalized spacial score (nSPS) is 10.2. The molecule has 0 atom stereocenters. The lowest BCUT2D eigenvalue weighted by atomic mass is 10.2. The molecular weight excluding hydrogens is 252 g/mol. The van der Waals surface area contributed by atoms with Gasteiger partial charge >= 0.3 is 5.97 Å². The van der Waals surface area contributed by atoms with E-state index in [4.69, 9.17) is 5.11 Å². The fourth-order valence-corrected chi connectivity index (χ4v) is 2.18. The van der Waals surface area contributed by atoms with Crippen molar-refractivity contribution in [1.29, 1.82) is 0 Å². The lowest BCUT2D eigenvalue weighted by Crippen LogP contribution is -2.02. The Morgan fingerprint density at radius 2 is 2.28 bits per heavy atom. The van der Waals surface area contributed by atoms with E-state index in [9.17, 15) is 9.90 Å². The molecule has 1 aromatic carbocycles. The van der Waals surface area contributed by atoms with Crippen LogP contribution in [0.2, 0.25) is 0 Å². The van der Waals surface area contributed by atoms with Crippen LogP contribution in [0.25, 0.3) is 0 Å². The quantitative estimate of drug-likeness (QED) is 0.770. The molecule has 1 heterocycles. The molecule has 0 unspecified atom stereocenters. The van der Waals surface area contributed by atoms with Crippen molar-refractivity contribution in [1.82, 2.24) is 4.98 Å². The van der Waals surface area contributed by atoms with Crippen LogP contribution in [-0.2, 0) is 17.8 Å². The molecule has 1 aromatic heterocycles. The second-order valence-electron chi connectivity index (χ2n) is 3.74. The first-order chi connectivity index (χ1) is 8.63. The first kappa shape index (κ1) is 12.4. The van der Waals surface area contributed by atoms with Crippen LogP contribution in [0.5, 0.6) is 5.75 Å². The number of benzene rings is 1. The summed E-state index contributed by atoms with van der Waals surface area (Å²) in [6.45, 7) is 0.536. The number of hydrogen-bond donors (Lipinski definition) is 3. The Morgan fingerprint density at radius 3 is 3.00 bits per heavy atom. The topological polar surface area (TPSA) is 82.5 Å². The molecule has 6 heteroatoms. The highest BCUT2D eigenvalue weighted by Crippen LogP contribution is 2.18. The average Bonchev–Trinajstić information content (AvgIpc) is 2.73. The number of anilines is 1. The Labute approximate surface area is 108 Å². The second-order valence-corrected chi connectivity index (χ2v) is 4.60. The first-order valence-electron chi connectivity index (χ1n) is 5.31. The van der Waals surface area contributed by atoms with Crippen molar-refractivity contribution in [2.75, 3.05) is 5.32 Å². The molecule has 0 saturated carbocycles. The summed E-state index contributed by atoms with van der Waals surface area (Å²) < 4.78 is 0. The third kappa shape index (κ3) is 3.46. The van der Waals surface area contributed by atoms with Gasteiger partial charge in [-0.1, -0.05) is 12.1 Å². The Kier molecular flexibility index (Phi) is 3.78. The molecule has 2 aromatic rings. The second kappa shape index (κ2) is 5.50. The van der Waals surface area contributed by atoms with Crippen LogP contribution in [0.3, 0.4) is 0 Å². The molecule has 0 saturated heterocycles. The van der Waals surface area contributed by atoms with Crippen LogP contribution in [0.15, 0.2) is 29.6 Å². The van der Waals surface area contributed by atoms with Crippen molar-refractivity contribution in [2.45, 2.75) is 13.0 Å². The van der Waals surface area contributed by atoms with Gasteiger partial charge < -0.3 is 15.5 Å². The van der Waals surface area contributed by atoms with Crippen LogP contribution in [0, 0.1) is 0 Å². The van der Waals surface area contributed by atoms with Gasteiger partial charge in [-0.2, -0.15) is 0 Å². The lowest BCUT2D eigenvalue weighted by Gasteiger charge is -2.03. The number of aromatic nitrogens is 1. The number of phenols is 1. The van der Waals surface area contributed by atoms with E-state index in [1.165, 1.54) is 11.3 Å². The third-order valence-electron chi connectivity index (χ3n) is 2.24. The predicted molar refractivity (Wildman–Crippen MR) is 68.9 cm³/mol. The summed E-state index contributed by atoms with van der Waals surface area (Å²) >= 11 is 1.37. The Balaban J connectivity index is 1.94. The van der Waals surface area contributed by atoms with Crippen LogP contribution in [-0.4, -0.2) is 21.2 Å². The summed E-state index contributed by atoms with van der Waals surface area (Å²) in [4.78, 5) is 14.7. The van der Waals surface area contributed by atoms with E-state index >= 15 is 0 Å². The van der Waals surface area contributed by atoms with Crippen LogP contribution < -0.4 is 5.32 Å². The molecular formula is C12H12N2O3S. The van der Waals surface area contributed by atoms with E-state index in [1.54, 1.807) is 23.6 Å². The monoisotopic (exact) mass is 264 g/mol. The molecule has 94 valence electrons. The standard InChI is InChI=1S/C12H12N2O3S/c15-10-3-1-2-8(4-10)6-13-12-14-9(7-18-12)5-11(16)17/h1-4,7,15H,5-6H2,(H,13,14)(H,16,17). The van der Waals surface area contributed by atoms with Gasteiger partial charge in [0.2, 0.25) is 0 Å². The minimum Gasteiger partial charge on any atom is -0.508 e. The fraction of sp³-hybridized carbons (Fsp3) is 0.167. The Morgan fingerprint density at radius 1 is 1.44 bits per heavy atom. The zero-order valence-corrected chi connectivity index (χ0v) is 10.3. The molecule has 0 spiro atoms. The zero-order chi connectivity index (χ0) is 13.0. The molecule has 18 heavy (non-hydrogen) atoms. The van der Waals surface area contributed by atoms with E-state index in [0.717, 1.165) is 5.56 Å². The van der Waals surface area contributed by atoms with Gasteiger partial charge in [0, 0.05) is 11.9 Å². The maximum absolute atomic E-state index is 10.5. The molecule has 2 rings (SSSR count). The molecule has 5 nitrogen and oxygen atoms in total. The van der Waals surface area contributed by atoms with Crippen LogP contribution >= 0.6 is 11.3 Å². The summed E-state index contributed by atoms with van der Waals surface area (Å²) in [5.41, 5.74) is 1.48. The maximum Gasteiger partial charge on any atom is 0.309 e. The smallest absolute Gasteiger partial charge is 0.309 e. The van der Waals surface area contributed by atoms with E-state index in [2.05, 4.69) is 10.3 Å². The van der Waals surface area contributed by atoms with Gasteiger partial charge in [0.1, 0.15) is 5.75 Å². The predicted octanol–water partition coefficient (Wildman–Crippen LogP) is 2.09. The molecule has 0 radical (unpaired) electrons. The number of nitrogens with one attached hydrogen (secondary N) is 1. The van der Waals surface area contributed by atoms with Gasteiger partial charge in [0.25, 0.3) is 0 Å². The fourth-order valence-electron chi connectivity index (χ4n) is 1.47. The van der Waals surface area contributed by atoms with Crippen molar-refractivity contribution in [3.8, 4) is 5.75 Å². The molecule has 0 aliphatic rings. The highest BCUT2D eigenvalue weighted by molar-refractivity contribution is 7.13. The molecule has 0 bridgehead atoms. The van der Waals surface area contributed by atoms with Gasteiger partial charge in [-0.3, -0.25) is 4.79 Å². The highest BCUT2D eigenvalue weighted by Gasteiger charge is 2.05. The maximum atomic E-state index is 10.5. The van der Waals surface area contributed by atoms with Crippen molar-refractivity contribution in [3.63, 3.8) is 0 Å².